The Morgan fingerprint density at radius 3 is 2.54 bits per heavy atom. The first-order valence-corrected chi connectivity index (χ1v) is 8.78. The van der Waals surface area contributed by atoms with Crippen LogP contribution in [0, 0.1) is 0 Å². The van der Waals surface area contributed by atoms with Crippen molar-refractivity contribution in [3.05, 3.63) is 33.9 Å². The van der Waals surface area contributed by atoms with Crippen molar-refractivity contribution in [3.63, 3.8) is 0 Å². The molecule has 0 amide bonds. The summed E-state index contributed by atoms with van der Waals surface area (Å²) in [5.41, 5.74) is 5.85. The second kappa shape index (κ2) is 6.90. The Balaban J connectivity index is 2.07. The highest BCUT2D eigenvalue weighted by Gasteiger charge is 2.30. The van der Waals surface area contributed by atoms with Gasteiger partial charge in [0.05, 0.1) is 10.0 Å². The normalized spacial score (nSPS) is 16.5. The first-order valence-electron chi connectivity index (χ1n) is 8.02. The number of aromatic nitrogens is 2. The molecule has 7 nitrogen and oxygen atoms in total. The van der Waals surface area contributed by atoms with Crippen LogP contribution in [0.1, 0.15) is 30.3 Å². The van der Waals surface area contributed by atoms with Crippen molar-refractivity contribution in [3.8, 4) is 17.1 Å². The van der Waals surface area contributed by atoms with Gasteiger partial charge < -0.3 is 20.8 Å². The van der Waals surface area contributed by atoms with E-state index in [0.717, 1.165) is 0 Å². The molecular formula is C17H18Cl2N4O3. The topological polar surface area (TPSA) is 113 Å². The molecule has 1 aliphatic rings. The highest BCUT2D eigenvalue weighted by Crippen LogP contribution is 2.37. The molecule has 1 aromatic heterocycles. The molecule has 1 aliphatic heterocycles. The van der Waals surface area contributed by atoms with Gasteiger partial charge >= 0.3 is 5.97 Å². The first-order chi connectivity index (χ1) is 12.2. The lowest BCUT2D eigenvalue weighted by molar-refractivity contribution is 0.0690. The Hall–Kier alpha value is -2.09. The number of aromatic hydroxyl groups is 1. The number of nitrogens with two attached hydrogens (primary N) is 1. The summed E-state index contributed by atoms with van der Waals surface area (Å²) in [5.74, 6) is -1.53. The number of carbonyl (C=O) groups is 1. The lowest BCUT2D eigenvalue weighted by atomic mass is 9.91. The average molecular weight is 397 g/mol. The molecule has 0 aliphatic carbocycles. The van der Waals surface area contributed by atoms with Gasteiger partial charge in [-0.2, -0.15) is 4.98 Å². The van der Waals surface area contributed by atoms with Crippen LogP contribution in [-0.2, 0) is 0 Å². The van der Waals surface area contributed by atoms with Crippen molar-refractivity contribution in [2.24, 2.45) is 5.73 Å². The number of halogens is 2. The molecule has 3 rings (SSSR count). The summed E-state index contributed by atoms with van der Waals surface area (Å²) in [7, 11) is 0. The molecule has 9 heteroatoms. The third kappa shape index (κ3) is 3.56. The predicted molar refractivity (Wildman–Crippen MR) is 100 cm³/mol. The van der Waals surface area contributed by atoms with E-state index < -0.39 is 11.8 Å². The van der Waals surface area contributed by atoms with Gasteiger partial charge in [0.25, 0.3) is 0 Å². The van der Waals surface area contributed by atoms with E-state index in [9.17, 15) is 15.0 Å². The van der Waals surface area contributed by atoms with E-state index in [2.05, 4.69) is 9.97 Å². The van der Waals surface area contributed by atoms with Crippen LogP contribution in [0.15, 0.2) is 18.2 Å². The molecule has 0 saturated carbocycles. The number of aromatic carboxylic acids is 1. The molecule has 138 valence electrons. The minimum Gasteiger partial charge on any atom is -0.492 e. The van der Waals surface area contributed by atoms with Crippen LogP contribution in [0.5, 0.6) is 5.88 Å². The Morgan fingerprint density at radius 2 is 1.92 bits per heavy atom. The van der Waals surface area contributed by atoms with Crippen LogP contribution < -0.4 is 10.6 Å². The quantitative estimate of drug-likeness (QED) is 0.729. The Bertz CT molecular complexity index is 863. The number of hydrogen-bond donors (Lipinski definition) is 3. The van der Waals surface area contributed by atoms with Gasteiger partial charge in [-0.3, -0.25) is 0 Å². The molecule has 1 saturated heterocycles. The Morgan fingerprint density at radius 1 is 1.27 bits per heavy atom. The molecule has 0 atom stereocenters. The van der Waals surface area contributed by atoms with E-state index in [1.807, 2.05) is 6.92 Å². The van der Waals surface area contributed by atoms with Crippen LogP contribution in [0.3, 0.4) is 0 Å². The van der Waals surface area contributed by atoms with Crippen molar-refractivity contribution < 1.29 is 15.0 Å². The molecule has 0 radical (unpaired) electrons. The van der Waals surface area contributed by atoms with Crippen LogP contribution in [0.4, 0.5) is 5.82 Å². The summed E-state index contributed by atoms with van der Waals surface area (Å²) in [6, 6.07) is 4.80. The molecule has 0 unspecified atom stereocenters. The zero-order valence-electron chi connectivity index (χ0n) is 14.0. The SMILES string of the molecule is CC1(N)CCN(c2nc(O)c(-c3cccc(Cl)c3Cl)nc2C(=O)O)CC1. The number of piperidine rings is 1. The molecule has 1 fully saturated rings. The summed E-state index contributed by atoms with van der Waals surface area (Å²) < 4.78 is 0. The van der Waals surface area contributed by atoms with Crippen molar-refractivity contribution in [1.29, 1.82) is 0 Å². The molecule has 1 aromatic carbocycles. The maximum absolute atomic E-state index is 11.7. The lowest BCUT2D eigenvalue weighted by Gasteiger charge is -2.37. The number of hydrogen-bond acceptors (Lipinski definition) is 6. The zero-order chi connectivity index (χ0) is 19.1. The van der Waals surface area contributed by atoms with Gasteiger partial charge in [-0.25, -0.2) is 9.78 Å². The minimum absolute atomic E-state index is 0.0284. The maximum atomic E-state index is 11.7. The highest BCUT2D eigenvalue weighted by atomic mass is 35.5. The van der Waals surface area contributed by atoms with E-state index in [0.29, 0.717) is 31.5 Å². The van der Waals surface area contributed by atoms with E-state index in [1.165, 1.54) is 0 Å². The largest absolute Gasteiger partial charge is 0.492 e. The van der Waals surface area contributed by atoms with Gasteiger partial charge in [0.2, 0.25) is 5.88 Å². The summed E-state index contributed by atoms with van der Waals surface area (Å²) in [6.07, 6.45) is 1.35. The Kier molecular flexibility index (Phi) is 4.96. The number of carboxylic acids is 1. The number of anilines is 1. The van der Waals surface area contributed by atoms with Gasteiger partial charge in [-0.1, -0.05) is 35.3 Å². The van der Waals surface area contributed by atoms with Gasteiger partial charge in [0.15, 0.2) is 11.5 Å². The number of carboxylic acid groups (broad SMARTS) is 1. The van der Waals surface area contributed by atoms with E-state index in [1.54, 1.807) is 23.1 Å². The monoisotopic (exact) mass is 396 g/mol. The molecule has 2 heterocycles. The third-order valence-electron chi connectivity index (χ3n) is 4.47. The van der Waals surface area contributed by atoms with E-state index >= 15 is 0 Å². The van der Waals surface area contributed by atoms with Crippen molar-refractivity contribution in [1.82, 2.24) is 9.97 Å². The molecule has 0 spiro atoms. The van der Waals surface area contributed by atoms with Crippen LogP contribution >= 0.6 is 23.2 Å². The van der Waals surface area contributed by atoms with Gasteiger partial charge in [0.1, 0.15) is 5.69 Å². The van der Waals surface area contributed by atoms with E-state index in [4.69, 9.17) is 28.9 Å². The average Bonchev–Trinajstić information content (AvgIpc) is 2.57. The summed E-state index contributed by atoms with van der Waals surface area (Å²) in [5, 5.41) is 20.4. The smallest absolute Gasteiger partial charge is 0.358 e. The van der Waals surface area contributed by atoms with Gasteiger partial charge in [0, 0.05) is 24.2 Å². The number of rotatable bonds is 3. The standard InChI is InChI=1S/C17H18Cl2N4O3/c1-17(20)5-7-23(8-6-17)14-13(16(25)26)21-12(15(24)22-14)9-3-2-4-10(18)11(9)19/h2-4H,5-8,20H2,1H3,(H,22,24)(H,25,26). The summed E-state index contributed by atoms with van der Waals surface area (Å²) in [6.45, 7) is 3.01. The van der Waals surface area contributed by atoms with Crippen molar-refractivity contribution in [2.45, 2.75) is 25.3 Å². The molecule has 0 bridgehead atoms. The summed E-state index contributed by atoms with van der Waals surface area (Å²) >= 11 is 12.2. The number of nitrogens with zero attached hydrogens (tertiary/aromatic N) is 3. The van der Waals surface area contributed by atoms with Crippen LogP contribution in [0.25, 0.3) is 11.3 Å². The second-order valence-electron chi connectivity index (χ2n) is 6.62. The Labute approximate surface area is 160 Å². The lowest BCUT2D eigenvalue weighted by Crippen LogP contribution is -2.48. The fraction of sp³-hybridized carbons (Fsp3) is 0.353. The predicted octanol–water partition coefficient (Wildman–Crippen LogP) is 3.17. The minimum atomic E-state index is -1.24. The zero-order valence-corrected chi connectivity index (χ0v) is 15.5. The number of benzene rings is 1. The van der Waals surface area contributed by atoms with Crippen LogP contribution in [-0.4, -0.2) is 44.8 Å². The van der Waals surface area contributed by atoms with Crippen molar-refractivity contribution >= 4 is 35.0 Å². The molecule has 2 aromatic rings. The van der Waals surface area contributed by atoms with E-state index in [-0.39, 0.29) is 32.8 Å². The van der Waals surface area contributed by atoms with Gasteiger partial charge in [-0.05, 0) is 25.8 Å². The van der Waals surface area contributed by atoms with Crippen LogP contribution in [0.2, 0.25) is 10.0 Å². The second-order valence-corrected chi connectivity index (χ2v) is 7.40. The maximum Gasteiger partial charge on any atom is 0.358 e. The summed E-state index contributed by atoms with van der Waals surface area (Å²) in [4.78, 5) is 21.8. The fourth-order valence-electron chi connectivity index (χ4n) is 2.88. The van der Waals surface area contributed by atoms with Crippen molar-refractivity contribution in [2.75, 3.05) is 18.0 Å². The molecule has 4 N–H and O–H groups in total. The first kappa shape index (κ1) is 18.7. The van der Waals surface area contributed by atoms with Gasteiger partial charge in [-0.15, -0.1) is 0 Å². The third-order valence-corrected chi connectivity index (χ3v) is 5.29. The molecule has 26 heavy (non-hydrogen) atoms. The fourth-order valence-corrected chi connectivity index (χ4v) is 3.27. The highest BCUT2D eigenvalue weighted by molar-refractivity contribution is 6.43. The molecular weight excluding hydrogens is 379 g/mol.